The molecule has 1 aliphatic heterocycles. The van der Waals surface area contributed by atoms with E-state index in [2.05, 4.69) is 40.6 Å². The van der Waals surface area contributed by atoms with E-state index in [-0.39, 0.29) is 18.3 Å². The van der Waals surface area contributed by atoms with Gasteiger partial charge in [0, 0.05) is 41.6 Å². The van der Waals surface area contributed by atoms with E-state index in [1.807, 2.05) is 30.3 Å². The van der Waals surface area contributed by atoms with Gasteiger partial charge in [0.15, 0.2) is 0 Å². The van der Waals surface area contributed by atoms with Crippen molar-refractivity contribution in [3.8, 4) is 11.8 Å². The molecule has 1 amide bonds. The number of methoxy groups -OCH3 is 1. The van der Waals surface area contributed by atoms with Gasteiger partial charge in [-0.1, -0.05) is 30.3 Å². The summed E-state index contributed by atoms with van der Waals surface area (Å²) in [6, 6.07) is 20.6. The van der Waals surface area contributed by atoms with Crippen molar-refractivity contribution in [1.82, 2.24) is 4.90 Å². The molecule has 3 aromatic rings. The van der Waals surface area contributed by atoms with Crippen molar-refractivity contribution < 1.29 is 9.53 Å². The molecule has 0 atom stereocenters. The smallest absolute Gasteiger partial charge is 0.225 e. The molecule has 0 radical (unpaired) electrons. The third-order valence-corrected chi connectivity index (χ3v) is 7.55. The van der Waals surface area contributed by atoms with Crippen molar-refractivity contribution in [3.63, 3.8) is 0 Å². The van der Waals surface area contributed by atoms with Crippen LogP contribution in [0.5, 0.6) is 5.75 Å². The molecule has 0 spiro atoms. The van der Waals surface area contributed by atoms with E-state index in [0.717, 1.165) is 42.3 Å². The predicted molar refractivity (Wildman–Crippen MR) is 138 cm³/mol. The number of nitriles is 1. The molecular weight excluding hydrogens is 474 g/mol. The summed E-state index contributed by atoms with van der Waals surface area (Å²) in [5, 5.41) is 13.4. The van der Waals surface area contributed by atoms with Crippen molar-refractivity contribution >= 4 is 46.4 Å². The van der Waals surface area contributed by atoms with E-state index >= 15 is 0 Å². The van der Waals surface area contributed by atoms with Crippen molar-refractivity contribution in [3.05, 3.63) is 76.2 Å². The number of halogens is 1. The van der Waals surface area contributed by atoms with Gasteiger partial charge in [0.25, 0.3) is 0 Å². The molecule has 0 saturated carbocycles. The number of rotatable bonds is 8. The molecule has 1 N–H and O–H groups in total. The highest BCUT2D eigenvalue weighted by molar-refractivity contribution is 7.99. The molecule has 1 aliphatic rings. The second-order valence-corrected chi connectivity index (χ2v) is 9.86. The Hall–Kier alpha value is -2.50. The van der Waals surface area contributed by atoms with Gasteiger partial charge in [0.2, 0.25) is 5.91 Å². The summed E-state index contributed by atoms with van der Waals surface area (Å²) in [5.74, 6) is 1.44. The zero-order chi connectivity index (χ0) is 22.3. The molecule has 172 valence electrons. The molecule has 33 heavy (non-hydrogen) atoms. The van der Waals surface area contributed by atoms with Crippen LogP contribution < -0.4 is 10.1 Å². The van der Waals surface area contributed by atoms with Crippen molar-refractivity contribution in [2.45, 2.75) is 30.8 Å². The normalized spacial score (nSPS) is 12.8. The number of hydrogen-bond donors (Lipinski definition) is 1. The molecule has 5 nitrogen and oxygen atoms in total. The fourth-order valence-corrected chi connectivity index (χ4v) is 5.87. The lowest BCUT2D eigenvalue weighted by Gasteiger charge is -2.26. The zero-order valence-corrected chi connectivity index (χ0v) is 20.8. The Bertz CT molecular complexity index is 1110. The number of carbonyl (C=O) groups excluding carboxylic acids is 1. The van der Waals surface area contributed by atoms with Gasteiger partial charge < -0.3 is 10.1 Å². The molecule has 0 aliphatic carbocycles. The topological polar surface area (TPSA) is 65.4 Å². The molecular formula is C25H26ClN3O2S2. The fourth-order valence-electron chi connectivity index (χ4n) is 3.76. The lowest BCUT2D eigenvalue weighted by atomic mass is 10.0. The summed E-state index contributed by atoms with van der Waals surface area (Å²) in [6.07, 6.45) is 1.23. The lowest BCUT2D eigenvalue weighted by Crippen LogP contribution is -2.29. The first-order valence-electron chi connectivity index (χ1n) is 10.5. The van der Waals surface area contributed by atoms with Crippen LogP contribution in [-0.2, 0) is 24.3 Å². The number of fused-ring (bicyclic) bond motifs is 1. The van der Waals surface area contributed by atoms with Gasteiger partial charge in [0.1, 0.15) is 16.8 Å². The zero-order valence-electron chi connectivity index (χ0n) is 18.4. The Balaban J connectivity index is 0.00000306. The van der Waals surface area contributed by atoms with Crippen LogP contribution in [0.2, 0.25) is 0 Å². The second-order valence-electron chi connectivity index (χ2n) is 7.59. The fraction of sp³-hybridized carbons (Fsp3) is 0.280. The monoisotopic (exact) mass is 499 g/mol. The summed E-state index contributed by atoms with van der Waals surface area (Å²) < 4.78 is 5.17. The van der Waals surface area contributed by atoms with E-state index in [1.165, 1.54) is 10.4 Å². The van der Waals surface area contributed by atoms with Crippen LogP contribution >= 0.6 is 35.5 Å². The van der Waals surface area contributed by atoms with E-state index in [9.17, 15) is 10.1 Å². The number of amides is 1. The number of hydrogen-bond acceptors (Lipinski definition) is 6. The summed E-state index contributed by atoms with van der Waals surface area (Å²) in [4.78, 5) is 17.2. The Labute approximate surface area is 209 Å². The first kappa shape index (κ1) is 25.1. The van der Waals surface area contributed by atoms with Gasteiger partial charge in [-0.2, -0.15) is 5.26 Å². The van der Waals surface area contributed by atoms with Crippen LogP contribution in [0.25, 0.3) is 0 Å². The average molecular weight is 500 g/mol. The molecule has 1 aromatic heterocycles. The van der Waals surface area contributed by atoms with E-state index in [4.69, 9.17) is 4.74 Å². The Morgan fingerprint density at radius 3 is 2.67 bits per heavy atom. The minimum absolute atomic E-state index is 0. The lowest BCUT2D eigenvalue weighted by molar-refractivity contribution is -0.115. The molecule has 8 heteroatoms. The number of thioether (sulfide) groups is 1. The summed E-state index contributed by atoms with van der Waals surface area (Å²) >= 11 is 3.18. The maximum atomic E-state index is 12.5. The number of thiophene rings is 1. The highest BCUT2D eigenvalue weighted by Gasteiger charge is 2.25. The Morgan fingerprint density at radius 2 is 1.97 bits per heavy atom. The average Bonchev–Trinajstić information content (AvgIpc) is 3.16. The van der Waals surface area contributed by atoms with Crippen molar-refractivity contribution in [2.75, 3.05) is 24.7 Å². The summed E-state index contributed by atoms with van der Waals surface area (Å²) in [7, 11) is 1.64. The maximum Gasteiger partial charge on any atom is 0.225 e. The third kappa shape index (κ3) is 6.52. The van der Waals surface area contributed by atoms with E-state index < -0.39 is 0 Å². The highest BCUT2D eigenvalue weighted by Crippen LogP contribution is 2.37. The second kappa shape index (κ2) is 12.1. The minimum atomic E-state index is -0.0535. The largest absolute Gasteiger partial charge is 0.497 e. The molecule has 0 saturated heterocycles. The number of ether oxygens (including phenoxy) is 1. The number of carbonyl (C=O) groups is 1. The van der Waals surface area contributed by atoms with Crippen LogP contribution in [-0.4, -0.2) is 30.2 Å². The maximum absolute atomic E-state index is 12.5. The van der Waals surface area contributed by atoms with E-state index in [1.54, 1.807) is 30.2 Å². The third-order valence-electron chi connectivity index (χ3n) is 5.41. The van der Waals surface area contributed by atoms with Crippen LogP contribution in [0.4, 0.5) is 5.00 Å². The van der Waals surface area contributed by atoms with Gasteiger partial charge in [-0.25, -0.2) is 0 Å². The number of anilines is 1. The molecule has 0 unspecified atom stereocenters. The molecule has 2 aromatic carbocycles. The Morgan fingerprint density at radius 1 is 1.21 bits per heavy atom. The van der Waals surface area contributed by atoms with Gasteiger partial charge in [-0.05, 0) is 41.8 Å². The van der Waals surface area contributed by atoms with Gasteiger partial charge in [-0.15, -0.1) is 35.5 Å². The first-order valence-corrected chi connectivity index (χ1v) is 12.3. The highest BCUT2D eigenvalue weighted by atomic mass is 35.5. The number of benzene rings is 2. The van der Waals surface area contributed by atoms with Gasteiger partial charge in [-0.3, -0.25) is 9.69 Å². The molecule has 0 bridgehead atoms. The van der Waals surface area contributed by atoms with Crippen molar-refractivity contribution in [1.29, 1.82) is 5.26 Å². The molecule has 0 fully saturated rings. The van der Waals surface area contributed by atoms with Gasteiger partial charge in [0.05, 0.1) is 12.7 Å². The SMILES string of the molecule is COc1ccc(SCCC(=O)Nc2sc3c(c2C#N)CCN(Cc2ccccc2)C3)cc1.Cl. The number of nitrogens with zero attached hydrogens (tertiary/aromatic N) is 2. The summed E-state index contributed by atoms with van der Waals surface area (Å²) in [5.41, 5.74) is 3.03. The summed E-state index contributed by atoms with van der Waals surface area (Å²) in [6.45, 7) is 2.62. The first-order chi connectivity index (χ1) is 15.7. The van der Waals surface area contributed by atoms with Crippen LogP contribution in [0.15, 0.2) is 59.5 Å². The number of nitrogens with one attached hydrogen (secondary N) is 1. The van der Waals surface area contributed by atoms with Crippen LogP contribution in [0.3, 0.4) is 0 Å². The Kier molecular flexibility index (Phi) is 9.21. The standard InChI is InChI=1S/C25H25N3O2S2.ClH/c1-30-19-7-9-20(10-8-19)31-14-12-24(29)27-25-22(15-26)21-11-13-28(17-23(21)32-25)16-18-5-3-2-4-6-18;/h2-10H,11-14,16-17H2,1H3,(H,27,29);1H. The molecule has 4 rings (SSSR count). The quantitative estimate of drug-likeness (QED) is 0.401. The van der Waals surface area contributed by atoms with E-state index in [0.29, 0.717) is 22.7 Å². The van der Waals surface area contributed by atoms with Gasteiger partial charge >= 0.3 is 0 Å². The van der Waals surface area contributed by atoms with Crippen LogP contribution in [0, 0.1) is 11.3 Å². The minimum Gasteiger partial charge on any atom is -0.497 e. The predicted octanol–water partition coefficient (Wildman–Crippen LogP) is 5.73. The van der Waals surface area contributed by atoms with Crippen molar-refractivity contribution in [2.24, 2.45) is 0 Å². The molecule has 2 heterocycles. The van der Waals surface area contributed by atoms with Crippen LogP contribution in [0.1, 0.15) is 28.0 Å².